The van der Waals surface area contributed by atoms with Crippen molar-refractivity contribution in [3.05, 3.63) is 53.6 Å². The van der Waals surface area contributed by atoms with Gasteiger partial charge in [0.25, 0.3) is 5.91 Å². The molecule has 0 radical (unpaired) electrons. The molecule has 4 saturated heterocycles. The predicted molar refractivity (Wildman–Crippen MR) is 106 cm³/mol. The van der Waals surface area contributed by atoms with Gasteiger partial charge in [-0.25, -0.2) is 4.98 Å². The molecule has 7 rings (SSSR count). The Morgan fingerprint density at radius 3 is 2.68 bits per heavy atom. The van der Waals surface area contributed by atoms with E-state index in [2.05, 4.69) is 55.0 Å². The number of hydrogen-bond acceptors (Lipinski definition) is 4. The van der Waals surface area contributed by atoms with E-state index in [4.69, 9.17) is 0 Å². The van der Waals surface area contributed by atoms with Gasteiger partial charge in [0.05, 0.1) is 12.6 Å². The maximum atomic E-state index is 13.6. The molecule has 1 N–H and O–H groups in total. The summed E-state index contributed by atoms with van der Waals surface area (Å²) in [4.78, 5) is 23.1. The smallest absolute Gasteiger partial charge is 0.274 e. The average Bonchev–Trinajstić information content (AvgIpc) is 3.38. The molecule has 1 amide bonds. The lowest BCUT2D eigenvalue weighted by Crippen LogP contribution is -2.60. The number of rotatable bonds is 2. The summed E-state index contributed by atoms with van der Waals surface area (Å²) in [6, 6.07) is 11.6. The van der Waals surface area contributed by atoms with Crippen LogP contribution in [0.1, 0.15) is 40.6 Å². The number of aromatic nitrogens is 2. The third-order valence-electron chi connectivity index (χ3n) is 7.37. The second kappa shape index (κ2) is 6.42. The fraction of sp³-hybridized carbons (Fsp3) is 0.545. The van der Waals surface area contributed by atoms with Crippen LogP contribution in [0.5, 0.6) is 0 Å². The summed E-state index contributed by atoms with van der Waals surface area (Å²) in [5, 5.41) is 3.34. The van der Waals surface area contributed by atoms with Gasteiger partial charge in [-0.1, -0.05) is 30.3 Å². The summed E-state index contributed by atoms with van der Waals surface area (Å²) in [5.41, 5.74) is 2.00. The highest BCUT2D eigenvalue weighted by Crippen LogP contribution is 2.46. The lowest BCUT2D eigenvalue weighted by molar-refractivity contribution is -0.00357. The Kier molecular flexibility index (Phi) is 3.84. The first-order chi connectivity index (χ1) is 13.8. The zero-order valence-corrected chi connectivity index (χ0v) is 16.1. The maximum absolute atomic E-state index is 13.6. The lowest BCUT2D eigenvalue weighted by atomic mass is 9.75. The van der Waals surface area contributed by atoms with Gasteiger partial charge < -0.3 is 14.8 Å². The van der Waals surface area contributed by atoms with Crippen molar-refractivity contribution in [2.75, 3.05) is 26.2 Å². The van der Waals surface area contributed by atoms with Crippen molar-refractivity contribution in [1.82, 2.24) is 24.7 Å². The van der Waals surface area contributed by atoms with Crippen molar-refractivity contribution < 1.29 is 4.79 Å². The first-order valence-corrected chi connectivity index (χ1v) is 10.7. The highest BCUT2D eigenvalue weighted by molar-refractivity contribution is 5.93. The summed E-state index contributed by atoms with van der Waals surface area (Å²) in [6.45, 7) is 5.76. The second-order valence-corrected chi connectivity index (χ2v) is 8.74. The molecule has 0 aliphatic carbocycles. The average molecular weight is 377 g/mol. The van der Waals surface area contributed by atoms with E-state index in [9.17, 15) is 4.79 Å². The van der Waals surface area contributed by atoms with Crippen LogP contribution < -0.4 is 5.32 Å². The van der Waals surface area contributed by atoms with Crippen molar-refractivity contribution in [3.8, 4) is 0 Å². The molecule has 2 aromatic rings. The van der Waals surface area contributed by atoms with Gasteiger partial charge in [-0.3, -0.25) is 9.69 Å². The van der Waals surface area contributed by atoms with Gasteiger partial charge in [0.1, 0.15) is 11.5 Å². The summed E-state index contributed by atoms with van der Waals surface area (Å²) in [7, 11) is 0. The molecule has 0 saturated carbocycles. The predicted octanol–water partition coefficient (Wildman–Crippen LogP) is 1.69. The van der Waals surface area contributed by atoms with Crippen molar-refractivity contribution in [2.45, 2.75) is 43.9 Å². The van der Waals surface area contributed by atoms with Crippen molar-refractivity contribution >= 4 is 5.91 Å². The summed E-state index contributed by atoms with van der Waals surface area (Å²) < 4.78 is 2.14. The summed E-state index contributed by atoms with van der Waals surface area (Å²) >= 11 is 0. The van der Waals surface area contributed by atoms with E-state index in [1.807, 2.05) is 6.20 Å². The maximum Gasteiger partial charge on any atom is 0.274 e. The third kappa shape index (κ3) is 2.47. The number of nitrogens with zero attached hydrogens (tertiary/aromatic N) is 4. The van der Waals surface area contributed by atoms with Gasteiger partial charge in [0, 0.05) is 37.8 Å². The highest BCUT2D eigenvalue weighted by atomic mass is 16.2. The Morgan fingerprint density at radius 2 is 1.89 bits per heavy atom. The first-order valence-electron chi connectivity index (χ1n) is 10.7. The quantitative estimate of drug-likeness (QED) is 0.865. The molecule has 6 heterocycles. The van der Waals surface area contributed by atoms with E-state index in [-0.39, 0.29) is 5.91 Å². The van der Waals surface area contributed by atoms with E-state index in [0.717, 1.165) is 32.0 Å². The molecule has 4 fully saturated rings. The van der Waals surface area contributed by atoms with Gasteiger partial charge in [0.15, 0.2) is 0 Å². The molecular formula is C22H27N5O. The van der Waals surface area contributed by atoms with Crippen LogP contribution in [0.2, 0.25) is 0 Å². The van der Waals surface area contributed by atoms with Crippen LogP contribution in [0.4, 0.5) is 0 Å². The highest BCUT2D eigenvalue weighted by Gasteiger charge is 2.54. The lowest BCUT2D eigenvalue weighted by Gasteiger charge is -2.51. The molecule has 0 spiro atoms. The zero-order chi connectivity index (χ0) is 18.7. The Morgan fingerprint density at radius 1 is 1.07 bits per heavy atom. The molecule has 6 nitrogen and oxygen atoms in total. The van der Waals surface area contributed by atoms with E-state index in [1.54, 1.807) is 0 Å². The third-order valence-corrected chi connectivity index (χ3v) is 7.37. The molecule has 5 aliphatic rings. The number of carbonyl (C=O) groups excluding carboxylic acids is 1. The number of fused-ring (bicyclic) bond motifs is 3. The summed E-state index contributed by atoms with van der Waals surface area (Å²) in [6.07, 6.45) is 4.41. The number of likely N-dealkylation sites (tertiary alicyclic amines) is 1. The molecule has 3 atom stereocenters. The van der Waals surface area contributed by atoms with Crippen LogP contribution in [0.25, 0.3) is 0 Å². The van der Waals surface area contributed by atoms with Crippen LogP contribution >= 0.6 is 0 Å². The second-order valence-electron chi connectivity index (χ2n) is 8.74. The fourth-order valence-corrected chi connectivity index (χ4v) is 6.09. The Bertz CT molecular complexity index is 862. The van der Waals surface area contributed by atoms with Gasteiger partial charge in [0.2, 0.25) is 0 Å². The van der Waals surface area contributed by atoms with Crippen LogP contribution in [0.15, 0.2) is 36.5 Å². The molecule has 0 unspecified atom stereocenters. The molecule has 28 heavy (non-hydrogen) atoms. The largest absolute Gasteiger partial charge is 0.332 e. The minimum Gasteiger partial charge on any atom is -0.332 e. The normalized spacial score (nSPS) is 33.6. The van der Waals surface area contributed by atoms with Gasteiger partial charge in [-0.05, 0) is 37.4 Å². The van der Waals surface area contributed by atoms with E-state index in [0.29, 0.717) is 29.6 Å². The molecular weight excluding hydrogens is 350 g/mol. The van der Waals surface area contributed by atoms with E-state index in [1.165, 1.54) is 31.5 Å². The number of imidazole rings is 1. The van der Waals surface area contributed by atoms with Crippen LogP contribution in [-0.4, -0.2) is 63.5 Å². The SMILES string of the molecule is O=C(c1cn2c(n1)CNCC2)N1C[C@@H](c2ccccc2)[C@@H]2[C@H]1C1CCN2CC1. The zero-order valence-electron chi connectivity index (χ0n) is 16.1. The molecule has 146 valence electrons. The molecule has 2 bridgehead atoms. The number of carbonyl (C=O) groups is 1. The number of nitrogens with one attached hydrogen (secondary N) is 1. The van der Waals surface area contributed by atoms with Gasteiger partial charge in [-0.15, -0.1) is 0 Å². The van der Waals surface area contributed by atoms with Crippen molar-refractivity contribution in [3.63, 3.8) is 0 Å². The van der Waals surface area contributed by atoms with Crippen LogP contribution in [0.3, 0.4) is 0 Å². The number of hydrogen-bond donors (Lipinski definition) is 1. The van der Waals surface area contributed by atoms with Gasteiger partial charge in [-0.2, -0.15) is 0 Å². The Balaban J connectivity index is 1.36. The van der Waals surface area contributed by atoms with Crippen LogP contribution in [0, 0.1) is 5.92 Å². The Hall–Kier alpha value is -2.18. The standard InChI is InChI=1S/C22H27N5O/c28-22(18-14-26-11-8-23-12-19(26)24-18)27-13-17(15-4-2-1-3-5-15)21-20(27)16-6-9-25(21)10-7-16/h1-5,14,16-17,20-21,23H,6-13H2/t17-,20+,21+/m0/s1. The minimum absolute atomic E-state index is 0.129. The van der Waals surface area contributed by atoms with E-state index >= 15 is 0 Å². The van der Waals surface area contributed by atoms with Crippen molar-refractivity contribution in [1.29, 1.82) is 0 Å². The molecule has 1 aromatic heterocycles. The van der Waals surface area contributed by atoms with E-state index < -0.39 is 0 Å². The summed E-state index contributed by atoms with van der Waals surface area (Å²) in [5.74, 6) is 2.15. The van der Waals surface area contributed by atoms with Gasteiger partial charge >= 0.3 is 0 Å². The van der Waals surface area contributed by atoms with Crippen molar-refractivity contribution in [2.24, 2.45) is 5.92 Å². The molecule has 6 heteroatoms. The monoisotopic (exact) mass is 377 g/mol. The topological polar surface area (TPSA) is 53.4 Å². The molecule has 1 aromatic carbocycles. The fourth-order valence-electron chi connectivity index (χ4n) is 6.09. The number of piperidine rings is 3. The minimum atomic E-state index is 0.129. The molecule has 5 aliphatic heterocycles. The van der Waals surface area contributed by atoms with Crippen LogP contribution in [-0.2, 0) is 13.1 Å². The number of amides is 1. The Labute approximate surface area is 165 Å². The number of benzene rings is 1. The first kappa shape index (κ1) is 16.7.